The van der Waals surface area contributed by atoms with E-state index in [0.29, 0.717) is 13.1 Å². The SMILES string of the molecule is Nc1cc(S(=O)(=O)N2CCCSCC2)ccn1. The van der Waals surface area contributed by atoms with Crippen molar-refractivity contribution in [2.75, 3.05) is 30.3 Å². The predicted octanol–water partition coefficient (Wildman–Crippen LogP) is 0.791. The molecule has 0 saturated carbocycles. The molecule has 2 heterocycles. The van der Waals surface area contributed by atoms with Crippen molar-refractivity contribution < 1.29 is 8.42 Å². The molecular formula is C10H15N3O2S2. The van der Waals surface area contributed by atoms with Gasteiger partial charge in [-0.3, -0.25) is 0 Å². The maximum Gasteiger partial charge on any atom is 0.243 e. The number of hydrogen-bond donors (Lipinski definition) is 1. The molecule has 7 heteroatoms. The molecule has 1 saturated heterocycles. The minimum Gasteiger partial charge on any atom is -0.384 e. The van der Waals surface area contributed by atoms with E-state index in [9.17, 15) is 8.42 Å². The molecule has 0 unspecified atom stereocenters. The number of pyridine rings is 1. The highest BCUT2D eigenvalue weighted by Gasteiger charge is 2.25. The van der Waals surface area contributed by atoms with Crippen molar-refractivity contribution >= 4 is 27.6 Å². The molecule has 1 fully saturated rings. The standard InChI is InChI=1S/C10H15N3O2S2/c11-10-8-9(2-3-12-10)17(14,15)13-4-1-6-16-7-5-13/h2-3,8H,1,4-7H2,(H2,11,12). The van der Waals surface area contributed by atoms with Gasteiger partial charge >= 0.3 is 0 Å². The quantitative estimate of drug-likeness (QED) is 0.862. The fourth-order valence-corrected chi connectivity index (χ4v) is 4.21. The first-order valence-electron chi connectivity index (χ1n) is 5.40. The Labute approximate surface area is 105 Å². The summed E-state index contributed by atoms with van der Waals surface area (Å²) in [5.41, 5.74) is 5.52. The van der Waals surface area contributed by atoms with Gasteiger partial charge in [0.2, 0.25) is 10.0 Å². The van der Waals surface area contributed by atoms with Gasteiger partial charge in [0.15, 0.2) is 0 Å². The summed E-state index contributed by atoms with van der Waals surface area (Å²) in [6.45, 7) is 1.15. The molecule has 0 amide bonds. The maximum atomic E-state index is 12.3. The van der Waals surface area contributed by atoms with Gasteiger partial charge < -0.3 is 5.73 Å². The lowest BCUT2D eigenvalue weighted by molar-refractivity contribution is 0.435. The lowest BCUT2D eigenvalue weighted by atomic mass is 10.5. The summed E-state index contributed by atoms with van der Waals surface area (Å²) < 4.78 is 26.2. The number of aromatic nitrogens is 1. The molecule has 94 valence electrons. The first-order valence-corrected chi connectivity index (χ1v) is 7.99. The van der Waals surface area contributed by atoms with E-state index in [1.165, 1.54) is 22.6 Å². The largest absolute Gasteiger partial charge is 0.384 e. The average molecular weight is 273 g/mol. The summed E-state index contributed by atoms with van der Waals surface area (Å²) in [4.78, 5) is 4.04. The Morgan fingerprint density at radius 1 is 1.35 bits per heavy atom. The van der Waals surface area contributed by atoms with Gasteiger partial charge in [0, 0.05) is 31.1 Å². The zero-order chi connectivity index (χ0) is 12.3. The van der Waals surface area contributed by atoms with E-state index in [4.69, 9.17) is 5.73 Å². The second-order valence-electron chi connectivity index (χ2n) is 3.79. The van der Waals surface area contributed by atoms with Gasteiger partial charge in [0.25, 0.3) is 0 Å². The van der Waals surface area contributed by atoms with Crippen molar-refractivity contribution in [3.8, 4) is 0 Å². The maximum absolute atomic E-state index is 12.3. The van der Waals surface area contributed by atoms with Crippen LogP contribution >= 0.6 is 11.8 Å². The fourth-order valence-electron chi connectivity index (χ4n) is 1.70. The van der Waals surface area contributed by atoms with E-state index in [-0.39, 0.29) is 10.7 Å². The highest BCUT2D eigenvalue weighted by atomic mass is 32.2. The van der Waals surface area contributed by atoms with Gasteiger partial charge in [-0.15, -0.1) is 0 Å². The number of hydrogen-bond acceptors (Lipinski definition) is 5. The van der Waals surface area contributed by atoms with E-state index in [0.717, 1.165) is 17.9 Å². The molecule has 0 spiro atoms. The van der Waals surface area contributed by atoms with Crippen molar-refractivity contribution in [1.29, 1.82) is 0 Å². The fraction of sp³-hybridized carbons (Fsp3) is 0.500. The van der Waals surface area contributed by atoms with E-state index in [2.05, 4.69) is 4.98 Å². The molecule has 1 aliphatic heterocycles. The molecule has 0 aromatic carbocycles. The van der Waals surface area contributed by atoms with E-state index in [1.54, 1.807) is 11.8 Å². The van der Waals surface area contributed by atoms with Crippen molar-refractivity contribution in [3.63, 3.8) is 0 Å². The van der Waals surface area contributed by atoms with Crippen molar-refractivity contribution in [2.24, 2.45) is 0 Å². The Hall–Kier alpha value is -0.790. The van der Waals surface area contributed by atoms with Crippen molar-refractivity contribution in [2.45, 2.75) is 11.3 Å². The highest BCUT2D eigenvalue weighted by molar-refractivity contribution is 7.99. The second kappa shape index (κ2) is 5.24. The van der Waals surface area contributed by atoms with Crippen LogP contribution in [0.1, 0.15) is 6.42 Å². The normalized spacial score (nSPS) is 18.8. The smallest absolute Gasteiger partial charge is 0.243 e. The number of nitrogens with two attached hydrogens (primary N) is 1. The number of thioether (sulfide) groups is 1. The zero-order valence-electron chi connectivity index (χ0n) is 9.37. The van der Waals surface area contributed by atoms with Gasteiger partial charge in [-0.2, -0.15) is 16.1 Å². The summed E-state index contributed by atoms with van der Waals surface area (Å²) in [7, 11) is -3.41. The van der Waals surface area contributed by atoms with Gasteiger partial charge in [-0.1, -0.05) is 0 Å². The monoisotopic (exact) mass is 273 g/mol. The molecule has 0 atom stereocenters. The van der Waals surface area contributed by atoms with E-state index >= 15 is 0 Å². The number of nitrogen functional groups attached to an aromatic ring is 1. The van der Waals surface area contributed by atoms with Crippen LogP contribution in [0.2, 0.25) is 0 Å². The molecule has 2 N–H and O–H groups in total. The molecule has 0 radical (unpaired) electrons. The Bertz CT molecular complexity index is 482. The molecular weight excluding hydrogens is 258 g/mol. The minimum atomic E-state index is -3.41. The number of anilines is 1. The van der Waals surface area contributed by atoms with Crippen LogP contribution in [0, 0.1) is 0 Å². The molecule has 0 aliphatic carbocycles. The van der Waals surface area contributed by atoms with Crippen LogP contribution in [0.25, 0.3) is 0 Å². The molecule has 1 aromatic rings. The van der Waals surface area contributed by atoms with Crippen LogP contribution in [-0.4, -0.2) is 42.3 Å². The third-order valence-corrected chi connectivity index (χ3v) is 5.51. The predicted molar refractivity (Wildman–Crippen MR) is 69.4 cm³/mol. The van der Waals surface area contributed by atoms with Gasteiger partial charge in [-0.05, 0) is 18.2 Å². The van der Waals surface area contributed by atoms with E-state index in [1.807, 2.05) is 0 Å². The summed E-state index contributed by atoms with van der Waals surface area (Å²) in [6.07, 6.45) is 2.32. The third kappa shape index (κ3) is 2.91. The topological polar surface area (TPSA) is 76.3 Å². The van der Waals surface area contributed by atoms with Gasteiger partial charge in [0.05, 0.1) is 4.90 Å². The van der Waals surface area contributed by atoms with Crippen LogP contribution in [-0.2, 0) is 10.0 Å². The second-order valence-corrected chi connectivity index (χ2v) is 6.95. The van der Waals surface area contributed by atoms with Crippen molar-refractivity contribution in [3.05, 3.63) is 18.3 Å². The Balaban J connectivity index is 2.28. The molecule has 1 aliphatic rings. The van der Waals surface area contributed by atoms with Crippen LogP contribution in [0.15, 0.2) is 23.2 Å². The molecule has 1 aromatic heterocycles. The highest BCUT2D eigenvalue weighted by Crippen LogP contribution is 2.20. The first kappa shape index (κ1) is 12.7. The third-order valence-electron chi connectivity index (χ3n) is 2.57. The van der Waals surface area contributed by atoms with Gasteiger partial charge in [0.1, 0.15) is 5.82 Å². The lowest BCUT2D eigenvalue weighted by Gasteiger charge is -2.19. The van der Waals surface area contributed by atoms with Crippen LogP contribution in [0.4, 0.5) is 5.82 Å². The zero-order valence-corrected chi connectivity index (χ0v) is 11.0. The summed E-state index contributed by atoms with van der Waals surface area (Å²) >= 11 is 1.79. The van der Waals surface area contributed by atoms with Gasteiger partial charge in [-0.25, -0.2) is 13.4 Å². The Morgan fingerprint density at radius 2 is 2.18 bits per heavy atom. The summed E-state index contributed by atoms with van der Waals surface area (Å²) in [5, 5.41) is 0. The number of nitrogens with zero attached hydrogens (tertiary/aromatic N) is 2. The first-order chi connectivity index (χ1) is 8.10. The molecule has 5 nitrogen and oxygen atoms in total. The number of rotatable bonds is 2. The Kier molecular flexibility index (Phi) is 3.90. The summed E-state index contributed by atoms with van der Waals surface area (Å²) in [5.74, 6) is 2.10. The van der Waals surface area contributed by atoms with Crippen LogP contribution in [0.5, 0.6) is 0 Å². The van der Waals surface area contributed by atoms with Crippen LogP contribution < -0.4 is 5.73 Å². The minimum absolute atomic E-state index is 0.232. The number of sulfonamides is 1. The van der Waals surface area contributed by atoms with Crippen LogP contribution in [0.3, 0.4) is 0 Å². The van der Waals surface area contributed by atoms with Crippen molar-refractivity contribution in [1.82, 2.24) is 9.29 Å². The average Bonchev–Trinajstić information content (AvgIpc) is 2.58. The summed E-state index contributed by atoms with van der Waals surface area (Å²) in [6, 6.07) is 2.90. The Morgan fingerprint density at radius 3 is 2.94 bits per heavy atom. The molecule has 2 rings (SSSR count). The molecule has 17 heavy (non-hydrogen) atoms. The lowest BCUT2D eigenvalue weighted by Crippen LogP contribution is -2.33. The molecule has 0 bridgehead atoms. The van der Waals surface area contributed by atoms with E-state index < -0.39 is 10.0 Å².